The molecule has 0 amide bonds. The van der Waals surface area contributed by atoms with Gasteiger partial charge in [-0.25, -0.2) is 0 Å². The second-order valence-corrected chi connectivity index (χ2v) is 15.4. The van der Waals surface area contributed by atoms with Crippen LogP contribution in [0.5, 0.6) is 0 Å². The van der Waals surface area contributed by atoms with Gasteiger partial charge < -0.3 is 0 Å². The smallest absolute Gasteiger partial charge is 0.0361 e. The highest BCUT2D eigenvalue weighted by Gasteiger charge is 2.17. The maximum absolute atomic E-state index is 2.42. The Labute approximate surface area is 297 Å². The van der Waals surface area contributed by atoms with Crippen molar-refractivity contribution in [1.29, 1.82) is 0 Å². The Kier molecular flexibility index (Phi) is 6.09. The van der Waals surface area contributed by atoms with Crippen molar-refractivity contribution in [2.75, 3.05) is 0 Å². The second-order valence-electron chi connectivity index (χ2n) is 13.2. The number of thiophene rings is 2. The molecule has 2 heteroatoms. The molecule has 0 aliphatic carbocycles. The monoisotopic (exact) mass is 668 g/mol. The van der Waals surface area contributed by atoms with Gasteiger partial charge in [0.1, 0.15) is 0 Å². The lowest BCUT2D eigenvalue weighted by atomic mass is 9.86. The molecule has 232 valence electrons. The van der Waals surface area contributed by atoms with Crippen LogP contribution in [-0.2, 0) is 0 Å². The van der Waals surface area contributed by atoms with Gasteiger partial charge in [-0.05, 0) is 96.0 Å². The van der Waals surface area contributed by atoms with Gasteiger partial charge in [-0.2, -0.15) is 0 Å². The molecular formula is C48H28S2. The zero-order chi connectivity index (χ0) is 32.8. The number of fused-ring (bicyclic) bond motifs is 9. The summed E-state index contributed by atoms with van der Waals surface area (Å²) in [5, 5.41) is 13.1. The number of hydrogen-bond acceptors (Lipinski definition) is 2. The number of hydrogen-bond donors (Lipinski definition) is 0. The van der Waals surface area contributed by atoms with Gasteiger partial charge >= 0.3 is 0 Å². The highest BCUT2D eigenvalue weighted by Crippen LogP contribution is 2.46. The van der Waals surface area contributed by atoms with Crippen LogP contribution in [0.25, 0.3) is 106 Å². The molecule has 0 N–H and O–H groups in total. The topological polar surface area (TPSA) is 0 Å². The van der Waals surface area contributed by atoms with Crippen molar-refractivity contribution >= 4 is 95.3 Å². The molecule has 9 aromatic carbocycles. The third-order valence-corrected chi connectivity index (χ3v) is 12.7. The first-order valence-electron chi connectivity index (χ1n) is 17.1. The summed E-state index contributed by atoms with van der Waals surface area (Å²) in [4.78, 5) is 0. The standard InChI is InChI=1S/C48H28S2/c1-2-10-29(11-3-1)47-38-14-6-8-16-40(38)48(41-17-9-7-15-39(41)47)34-20-23-36-35-21-18-32(26-43(35)49-45(36)28-34)33-19-22-37-42-24-30-12-4-5-13-31(30)25-46(42)50-44(37)27-33/h1-28H. The van der Waals surface area contributed by atoms with Crippen molar-refractivity contribution in [3.05, 3.63) is 170 Å². The van der Waals surface area contributed by atoms with Crippen molar-refractivity contribution in [2.24, 2.45) is 0 Å². The minimum absolute atomic E-state index is 1.25. The first-order chi connectivity index (χ1) is 24.8. The van der Waals surface area contributed by atoms with E-state index in [9.17, 15) is 0 Å². The fraction of sp³-hybridized carbons (Fsp3) is 0. The fourth-order valence-corrected chi connectivity index (χ4v) is 10.5. The Morgan fingerprint density at radius 3 is 1.20 bits per heavy atom. The van der Waals surface area contributed by atoms with Crippen LogP contribution in [0.15, 0.2) is 170 Å². The van der Waals surface area contributed by atoms with E-state index in [4.69, 9.17) is 0 Å². The maximum Gasteiger partial charge on any atom is 0.0361 e. The van der Waals surface area contributed by atoms with Crippen LogP contribution in [0.3, 0.4) is 0 Å². The van der Waals surface area contributed by atoms with Crippen LogP contribution in [0.2, 0.25) is 0 Å². The van der Waals surface area contributed by atoms with Crippen LogP contribution in [0, 0.1) is 0 Å². The molecule has 2 aromatic heterocycles. The predicted molar refractivity (Wildman–Crippen MR) is 221 cm³/mol. The molecule has 0 saturated carbocycles. The molecule has 0 nitrogen and oxygen atoms in total. The van der Waals surface area contributed by atoms with Gasteiger partial charge in [0.05, 0.1) is 0 Å². The quantitative estimate of drug-likeness (QED) is 0.164. The molecule has 11 aromatic rings. The van der Waals surface area contributed by atoms with Crippen LogP contribution in [-0.4, -0.2) is 0 Å². The molecule has 50 heavy (non-hydrogen) atoms. The Bertz CT molecular complexity index is 3080. The van der Waals surface area contributed by atoms with Crippen LogP contribution < -0.4 is 0 Å². The molecule has 2 heterocycles. The van der Waals surface area contributed by atoms with Crippen molar-refractivity contribution in [2.45, 2.75) is 0 Å². The maximum atomic E-state index is 2.42. The SMILES string of the molecule is c1ccc(-c2c3ccccc3c(-c3ccc4c(c3)sc3cc(-c5ccc6c(c5)sc5cc7ccccc7cc56)ccc34)c3ccccc23)cc1. The van der Waals surface area contributed by atoms with E-state index in [1.54, 1.807) is 0 Å². The van der Waals surface area contributed by atoms with E-state index in [2.05, 4.69) is 170 Å². The third-order valence-electron chi connectivity index (χ3n) is 10.4. The molecule has 0 radical (unpaired) electrons. The van der Waals surface area contributed by atoms with Gasteiger partial charge in [0.25, 0.3) is 0 Å². The summed E-state index contributed by atoms with van der Waals surface area (Å²) in [6.07, 6.45) is 0. The molecule has 11 rings (SSSR count). The first kappa shape index (κ1) is 28.1. The molecule has 0 atom stereocenters. The predicted octanol–water partition coefficient (Wildman–Crippen LogP) is 14.9. The van der Waals surface area contributed by atoms with E-state index in [0.29, 0.717) is 0 Å². The van der Waals surface area contributed by atoms with E-state index >= 15 is 0 Å². The lowest BCUT2D eigenvalue weighted by Crippen LogP contribution is -1.90. The summed E-state index contributed by atoms with van der Waals surface area (Å²) >= 11 is 3.80. The fourth-order valence-electron chi connectivity index (χ4n) is 8.11. The first-order valence-corrected chi connectivity index (χ1v) is 18.7. The summed E-state index contributed by atoms with van der Waals surface area (Å²) in [6.45, 7) is 0. The number of benzene rings is 9. The summed E-state index contributed by atoms with van der Waals surface area (Å²) in [5.41, 5.74) is 7.66. The largest absolute Gasteiger partial charge is 0.135 e. The Morgan fingerprint density at radius 2 is 0.640 bits per heavy atom. The van der Waals surface area contributed by atoms with Crippen LogP contribution in [0.4, 0.5) is 0 Å². The summed E-state index contributed by atoms with van der Waals surface area (Å²) in [6, 6.07) is 63.1. The normalized spacial score (nSPS) is 12.0. The molecule has 0 spiro atoms. The average molecular weight is 669 g/mol. The average Bonchev–Trinajstić information content (AvgIpc) is 3.72. The zero-order valence-corrected chi connectivity index (χ0v) is 28.6. The minimum Gasteiger partial charge on any atom is -0.135 e. The van der Waals surface area contributed by atoms with E-state index < -0.39 is 0 Å². The van der Waals surface area contributed by atoms with Crippen LogP contribution in [0.1, 0.15) is 0 Å². The van der Waals surface area contributed by atoms with E-state index in [1.165, 1.54) is 106 Å². The Balaban J connectivity index is 1.05. The van der Waals surface area contributed by atoms with Gasteiger partial charge in [-0.1, -0.05) is 140 Å². The zero-order valence-electron chi connectivity index (χ0n) is 27.0. The lowest BCUT2D eigenvalue weighted by Gasteiger charge is -2.17. The highest BCUT2D eigenvalue weighted by atomic mass is 32.1. The summed E-state index contributed by atoms with van der Waals surface area (Å²) < 4.78 is 5.34. The van der Waals surface area contributed by atoms with Gasteiger partial charge in [-0.3, -0.25) is 0 Å². The van der Waals surface area contributed by atoms with E-state index in [1.807, 2.05) is 22.7 Å². The van der Waals surface area contributed by atoms with Crippen molar-refractivity contribution < 1.29 is 0 Å². The van der Waals surface area contributed by atoms with Crippen LogP contribution >= 0.6 is 22.7 Å². The summed E-state index contributed by atoms with van der Waals surface area (Å²) in [5.74, 6) is 0. The minimum atomic E-state index is 1.25. The molecule has 0 bridgehead atoms. The molecular weight excluding hydrogens is 641 g/mol. The van der Waals surface area contributed by atoms with Gasteiger partial charge in [0, 0.05) is 40.3 Å². The second kappa shape index (κ2) is 10.9. The molecule has 0 unspecified atom stereocenters. The van der Waals surface area contributed by atoms with Crippen molar-refractivity contribution in [1.82, 2.24) is 0 Å². The molecule has 0 fully saturated rings. The highest BCUT2D eigenvalue weighted by molar-refractivity contribution is 7.26. The Morgan fingerprint density at radius 1 is 0.240 bits per heavy atom. The van der Waals surface area contributed by atoms with Crippen molar-refractivity contribution in [3.8, 4) is 33.4 Å². The lowest BCUT2D eigenvalue weighted by molar-refractivity contribution is 1.66. The third kappa shape index (κ3) is 4.23. The molecule has 0 aliphatic rings. The van der Waals surface area contributed by atoms with E-state index in [-0.39, 0.29) is 0 Å². The van der Waals surface area contributed by atoms with Gasteiger partial charge in [0.2, 0.25) is 0 Å². The molecule has 0 saturated heterocycles. The summed E-state index contributed by atoms with van der Waals surface area (Å²) in [7, 11) is 0. The van der Waals surface area contributed by atoms with Gasteiger partial charge in [0.15, 0.2) is 0 Å². The van der Waals surface area contributed by atoms with Gasteiger partial charge in [-0.15, -0.1) is 22.7 Å². The number of rotatable bonds is 3. The molecule has 0 aliphatic heterocycles. The Hall–Kier alpha value is -5.80. The van der Waals surface area contributed by atoms with Crippen molar-refractivity contribution in [3.63, 3.8) is 0 Å². The van der Waals surface area contributed by atoms with E-state index in [0.717, 1.165) is 0 Å².